The van der Waals surface area contributed by atoms with Crippen LogP contribution in [0, 0.1) is 0 Å². The molecule has 0 aliphatic heterocycles. The van der Waals surface area contributed by atoms with Crippen molar-refractivity contribution in [2.24, 2.45) is 0 Å². The van der Waals surface area contributed by atoms with Gasteiger partial charge in [-0.1, -0.05) is 51.1 Å². The minimum absolute atomic E-state index is 0.898. The van der Waals surface area contributed by atoms with Gasteiger partial charge in [0.25, 0.3) is 0 Å². The molecule has 3 nitrogen and oxygen atoms in total. The third-order valence-electron chi connectivity index (χ3n) is 2.56. The fourth-order valence-electron chi connectivity index (χ4n) is 1.40. The van der Waals surface area contributed by atoms with Gasteiger partial charge in [0.1, 0.15) is 0 Å². The highest BCUT2D eigenvalue weighted by atomic mass is 16.4. The molecule has 0 amide bonds. The molecule has 0 aliphatic rings. The second kappa shape index (κ2) is 10.5. The Hall–Kier alpha value is -1.61. The maximum Gasteiger partial charge on any atom is 0.328 e. The van der Waals surface area contributed by atoms with Gasteiger partial charge in [0, 0.05) is 6.08 Å². The first-order valence-electron chi connectivity index (χ1n) is 6.32. The van der Waals surface area contributed by atoms with Crippen LogP contribution >= 0.6 is 0 Å². The predicted octanol–water partition coefficient (Wildman–Crippen LogP) is 3.13. The van der Waals surface area contributed by atoms with Crippen LogP contribution < -0.4 is 0 Å². The molecule has 0 atom stereocenters. The lowest BCUT2D eigenvalue weighted by molar-refractivity contribution is -0.131. The molecule has 1 aromatic rings. The SMILES string of the molecule is CCN(CC)CC.O=C(O)C=Cc1ccccc1. The second-order valence-corrected chi connectivity index (χ2v) is 3.70. The van der Waals surface area contributed by atoms with Gasteiger partial charge in [-0.3, -0.25) is 0 Å². The Morgan fingerprint density at radius 2 is 1.61 bits per heavy atom. The van der Waals surface area contributed by atoms with Crippen molar-refractivity contribution >= 4 is 12.0 Å². The number of carboxylic acid groups (broad SMARTS) is 1. The fourth-order valence-corrected chi connectivity index (χ4v) is 1.40. The Labute approximate surface area is 110 Å². The van der Waals surface area contributed by atoms with Gasteiger partial charge in [0.05, 0.1) is 0 Å². The smallest absolute Gasteiger partial charge is 0.328 e. The zero-order chi connectivity index (χ0) is 13.8. The first kappa shape index (κ1) is 16.4. The molecule has 0 radical (unpaired) electrons. The third-order valence-corrected chi connectivity index (χ3v) is 2.56. The predicted molar refractivity (Wildman–Crippen MR) is 76.6 cm³/mol. The van der Waals surface area contributed by atoms with Crippen LogP contribution in [0.2, 0.25) is 0 Å². The summed E-state index contributed by atoms with van der Waals surface area (Å²) in [6.07, 6.45) is 2.68. The number of nitrogens with zero attached hydrogens (tertiary/aromatic N) is 1. The zero-order valence-electron chi connectivity index (χ0n) is 11.5. The van der Waals surface area contributed by atoms with Gasteiger partial charge in [0.15, 0.2) is 0 Å². The van der Waals surface area contributed by atoms with E-state index in [1.54, 1.807) is 6.08 Å². The van der Waals surface area contributed by atoms with Crippen LogP contribution in [0.4, 0.5) is 0 Å². The van der Waals surface area contributed by atoms with E-state index in [1.165, 1.54) is 19.6 Å². The molecule has 1 N–H and O–H groups in total. The van der Waals surface area contributed by atoms with Gasteiger partial charge in [-0.2, -0.15) is 0 Å². The van der Waals surface area contributed by atoms with Gasteiger partial charge in [0.2, 0.25) is 0 Å². The standard InChI is InChI=1S/C9H8O2.C6H15N/c10-9(11)7-6-8-4-2-1-3-5-8;1-4-7(5-2)6-3/h1-7H,(H,10,11);4-6H2,1-3H3. The third kappa shape index (κ3) is 8.53. The average molecular weight is 249 g/mol. The normalized spacial score (nSPS) is 10.2. The highest BCUT2D eigenvalue weighted by molar-refractivity contribution is 5.85. The van der Waals surface area contributed by atoms with Crippen molar-refractivity contribution in [2.45, 2.75) is 20.8 Å². The molecule has 0 fully saturated rings. The summed E-state index contributed by atoms with van der Waals surface area (Å²) in [5.41, 5.74) is 0.898. The molecule has 18 heavy (non-hydrogen) atoms. The number of carboxylic acids is 1. The minimum Gasteiger partial charge on any atom is -0.478 e. The van der Waals surface area contributed by atoms with Gasteiger partial charge in [-0.15, -0.1) is 0 Å². The Balaban J connectivity index is 0.000000360. The van der Waals surface area contributed by atoms with Crippen LogP contribution in [-0.4, -0.2) is 35.6 Å². The first-order valence-corrected chi connectivity index (χ1v) is 6.32. The van der Waals surface area contributed by atoms with E-state index in [-0.39, 0.29) is 0 Å². The van der Waals surface area contributed by atoms with Crippen molar-refractivity contribution in [2.75, 3.05) is 19.6 Å². The molecule has 1 aromatic carbocycles. The number of hydrogen-bond donors (Lipinski definition) is 1. The molecule has 3 heteroatoms. The van der Waals surface area contributed by atoms with Crippen LogP contribution in [0.15, 0.2) is 36.4 Å². The summed E-state index contributed by atoms with van der Waals surface area (Å²) in [5.74, 6) is -0.922. The molecule has 0 bridgehead atoms. The fraction of sp³-hybridized carbons (Fsp3) is 0.400. The van der Waals surface area contributed by atoms with E-state index >= 15 is 0 Å². The number of aliphatic carboxylic acids is 1. The van der Waals surface area contributed by atoms with Gasteiger partial charge in [-0.25, -0.2) is 4.79 Å². The molecule has 100 valence electrons. The minimum atomic E-state index is -0.922. The van der Waals surface area contributed by atoms with Crippen molar-refractivity contribution in [3.63, 3.8) is 0 Å². The number of rotatable bonds is 5. The van der Waals surface area contributed by atoms with Crippen molar-refractivity contribution in [1.29, 1.82) is 0 Å². The Kier molecular flexibility index (Phi) is 9.60. The number of hydrogen-bond acceptors (Lipinski definition) is 2. The van der Waals surface area contributed by atoms with E-state index in [0.29, 0.717) is 0 Å². The van der Waals surface area contributed by atoms with E-state index in [9.17, 15) is 4.79 Å². The molecule has 0 heterocycles. The van der Waals surface area contributed by atoms with Crippen molar-refractivity contribution in [1.82, 2.24) is 4.90 Å². The largest absolute Gasteiger partial charge is 0.478 e. The molecular formula is C15H23NO2. The molecule has 0 aromatic heterocycles. The van der Waals surface area contributed by atoms with Crippen LogP contribution in [0.5, 0.6) is 0 Å². The summed E-state index contributed by atoms with van der Waals surface area (Å²) in [5, 5.41) is 8.29. The van der Waals surface area contributed by atoms with Crippen molar-refractivity contribution in [3.8, 4) is 0 Å². The summed E-state index contributed by atoms with van der Waals surface area (Å²) < 4.78 is 0. The maximum absolute atomic E-state index is 10.1. The lowest BCUT2D eigenvalue weighted by atomic mass is 10.2. The molecular weight excluding hydrogens is 226 g/mol. The number of benzene rings is 1. The van der Waals surface area contributed by atoms with Crippen LogP contribution in [-0.2, 0) is 4.79 Å². The van der Waals surface area contributed by atoms with Crippen molar-refractivity contribution in [3.05, 3.63) is 42.0 Å². The molecule has 0 saturated heterocycles. The zero-order valence-corrected chi connectivity index (χ0v) is 11.5. The van der Waals surface area contributed by atoms with Crippen LogP contribution in [0.3, 0.4) is 0 Å². The first-order chi connectivity index (χ1) is 8.63. The van der Waals surface area contributed by atoms with E-state index in [1.807, 2.05) is 30.3 Å². The Morgan fingerprint density at radius 3 is 1.94 bits per heavy atom. The highest BCUT2D eigenvalue weighted by Gasteiger charge is 1.89. The van der Waals surface area contributed by atoms with E-state index in [4.69, 9.17) is 5.11 Å². The lowest BCUT2D eigenvalue weighted by Gasteiger charge is -2.13. The topological polar surface area (TPSA) is 40.5 Å². The summed E-state index contributed by atoms with van der Waals surface area (Å²) in [6, 6.07) is 9.31. The van der Waals surface area contributed by atoms with Crippen LogP contribution in [0.1, 0.15) is 26.3 Å². The van der Waals surface area contributed by atoms with Crippen molar-refractivity contribution < 1.29 is 9.90 Å². The highest BCUT2D eigenvalue weighted by Crippen LogP contribution is 1.99. The average Bonchev–Trinajstić information content (AvgIpc) is 2.40. The summed E-state index contributed by atoms with van der Waals surface area (Å²) >= 11 is 0. The van der Waals surface area contributed by atoms with E-state index < -0.39 is 5.97 Å². The second-order valence-electron chi connectivity index (χ2n) is 3.70. The van der Waals surface area contributed by atoms with Gasteiger partial charge >= 0.3 is 5.97 Å². The summed E-state index contributed by atoms with van der Waals surface area (Å²) in [7, 11) is 0. The van der Waals surface area contributed by atoms with Gasteiger partial charge in [-0.05, 0) is 31.3 Å². The number of carbonyl (C=O) groups is 1. The molecule has 0 unspecified atom stereocenters. The van der Waals surface area contributed by atoms with Gasteiger partial charge < -0.3 is 10.0 Å². The molecule has 0 aliphatic carbocycles. The summed E-state index contributed by atoms with van der Waals surface area (Å²) in [4.78, 5) is 12.5. The Morgan fingerprint density at radius 1 is 1.11 bits per heavy atom. The quantitative estimate of drug-likeness (QED) is 0.815. The molecule has 0 spiro atoms. The molecule has 0 saturated carbocycles. The Bertz CT molecular complexity index is 337. The molecule has 1 rings (SSSR count). The maximum atomic E-state index is 10.1. The monoisotopic (exact) mass is 249 g/mol. The summed E-state index contributed by atoms with van der Waals surface area (Å²) in [6.45, 7) is 10.1. The van der Waals surface area contributed by atoms with E-state index in [2.05, 4.69) is 25.7 Å². The van der Waals surface area contributed by atoms with E-state index in [0.717, 1.165) is 11.6 Å². The van der Waals surface area contributed by atoms with Crippen LogP contribution in [0.25, 0.3) is 6.08 Å². The lowest BCUT2D eigenvalue weighted by Crippen LogP contribution is -2.21.